The van der Waals surface area contributed by atoms with E-state index in [0.29, 0.717) is 15.6 Å². The van der Waals surface area contributed by atoms with Gasteiger partial charge < -0.3 is 5.32 Å². The summed E-state index contributed by atoms with van der Waals surface area (Å²) in [7, 11) is 0. The molecule has 1 N–H and O–H groups in total. The van der Waals surface area contributed by atoms with Gasteiger partial charge in [-0.25, -0.2) is 9.97 Å². The Morgan fingerprint density at radius 2 is 1.85 bits per heavy atom. The Hall–Kier alpha value is -2.47. The van der Waals surface area contributed by atoms with Crippen LogP contribution in [0.4, 0.5) is 5.69 Å². The molecule has 4 nitrogen and oxygen atoms in total. The van der Waals surface area contributed by atoms with E-state index in [1.54, 1.807) is 35.7 Å². The summed E-state index contributed by atoms with van der Waals surface area (Å²) >= 11 is 13.5. The van der Waals surface area contributed by atoms with Gasteiger partial charge in [-0.2, -0.15) is 0 Å². The normalized spacial score (nSPS) is 10.9. The number of fused-ring (bicyclic) bond motifs is 1. The fraction of sp³-hybridized carbons (Fsp3) is 0.0500. The number of thiazole rings is 1. The first-order valence-corrected chi connectivity index (χ1v) is 9.67. The minimum atomic E-state index is -0.264. The highest BCUT2D eigenvalue weighted by molar-refractivity contribution is 7.21. The highest BCUT2D eigenvalue weighted by Crippen LogP contribution is 2.31. The minimum absolute atomic E-state index is 0.264. The summed E-state index contributed by atoms with van der Waals surface area (Å²) in [5.41, 5.74) is 3.93. The lowest BCUT2D eigenvalue weighted by Crippen LogP contribution is -2.12. The Labute approximate surface area is 169 Å². The van der Waals surface area contributed by atoms with E-state index in [2.05, 4.69) is 15.3 Å². The van der Waals surface area contributed by atoms with E-state index in [0.717, 1.165) is 32.2 Å². The first kappa shape index (κ1) is 17.9. The molecule has 7 heteroatoms. The van der Waals surface area contributed by atoms with Crippen molar-refractivity contribution in [1.82, 2.24) is 9.97 Å². The molecule has 0 aliphatic heterocycles. The predicted octanol–water partition coefficient (Wildman–Crippen LogP) is 6.23. The van der Waals surface area contributed by atoms with E-state index < -0.39 is 0 Å². The standard InChI is InChI=1S/C20H13Cl2N3OS/c1-11-7-12(19-25-17-3-2-6-23-20(17)27-19)4-5-16(11)24-18(26)13-8-14(21)10-15(22)9-13/h2-10H,1H3,(H,24,26). The summed E-state index contributed by atoms with van der Waals surface area (Å²) in [5, 5.41) is 4.64. The maximum absolute atomic E-state index is 12.5. The van der Waals surface area contributed by atoms with E-state index in [1.807, 2.05) is 37.3 Å². The minimum Gasteiger partial charge on any atom is -0.322 e. The molecule has 0 unspecified atom stereocenters. The molecule has 0 saturated carbocycles. The Morgan fingerprint density at radius 3 is 2.56 bits per heavy atom. The Bertz CT molecular complexity index is 1120. The molecular formula is C20H13Cl2N3OS. The van der Waals surface area contributed by atoms with Crippen molar-refractivity contribution in [2.24, 2.45) is 0 Å². The summed E-state index contributed by atoms with van der Waals surface area (Å²) in [5.74, 6) is -0.264. The number of aryl methyl sites for hydroxylation is 1. The van der Waals surface area contributed by atoms with Crippen LogP contribution in [0.3, 0.4) is 0 Å². The Balaban J connectivity index is 1.60. The lowest BCUT2D eigenvalue weighted by atomic mass is 10.1. The average Bonchev–Trinajstić information content (AvgIpc) is 3.06. The lowest BCUT2D eigenvalue weighted by molar-refractivity contribution is 0.102. The third-order valence-electron chi connectivity index (χ3n) is 4.01. The van der Waals surface area contributed by atoms with Crippen molar-refractivity contribution >= 4 is 56.5 Å². The highest BCUT2D eigenvalue weighted by Gasteiger charge is 2.12. The van der Waals surface area contributed by atoms with Gasteiger partial charge in [0.15, 0.2) is 0 Å². The largest absolute Gasteiger partial charge is 0.322 e. The molecule has 0 aliphatic rings. The van der Waals surface area contributed by atoms with E-state index >= 15 is 0 Å². The van der Waals surface area contributed by atoms with Gasteiger partial charge in [0.25, 0.3) is 5.91 Å². The zero-order valence-electron chi connectivity index (χ0n) is 14.2. The molecule has 2 aromatic carbocycles. The van der Waals surface area contributed by atoms with Gasteiger partial charge >= 0.3 is 0 Å². The van der Waals surface area contributed by atoms with Gasteiger partial charge in [0.1, 0.15) is 15.4 Å². The number of aromatic nitrogens is 2. The van der Waals surface area contributed by atoms with Crippen molar-refractivity contribution in [2.45, 2.75) is 6.92 Å². The van der Waals surface area contributed by atoms with Gasteiger partial charge in [-0.1, -0.05) is 34.5 Å². The van der Waals surface area contributed by atoms with Gasteiger partial charge in [0, 0.05) is 33.1 Å². The molecule has 0 atom stereocenters. The van der Waals surface area contributed by atoms with Crippen molar-refractivity contribution in [1.29, 1.82) is 0 Å². The summed E-state index contributed by atoms with van der Waals surface area (Å²) in [6.45, 7) is 1.94. The van der Waals surface area contributed by atoms with Crippen LogP contribution in [0, 0.1) is 6.92 Å². The average molecular weight is 414 g/mol. The summed E-state index contributed by atoms with van der Waals surface area (Å²) in [4.78, 5) is 22.4. The molecule has 27 heavy (non-hydrogen) atoms. The summed E-state index contributed by atoms with van der Waals surface area (Å²) in [6.07, 6.45) is 1.76. The van der Waals surface area contributed by atoms with Crippen molar-refractivity contribution in [3.63, 3.8) is 0 Å². The van der Waals surface area contributed by atoms with Gasteiger partial charge in [-0.3, -0.25) is 4.79 Å². The van der Waals surface area contributed by atoms with Gasteiger partial charge in [0.2, 0.25) is 0 Å². The molecular weight excluding hydrogens is 401 g/mol. The second-order valence-electron chi connectivity index (χ2n) is 5.99. The molecule has 0 saturated heterocycles. The van der Waals surface area contributed by atoms with E-state index in [-0.39, 0.29) is 5.91 Å². The number of anilines is 1. The number of hydrogen-bond acceptors (Lipinski definition) is 4. The predicted molar refractivity (Wildman–Crippen MR) is 112 cm³/mol. The quantitative estimate of drug-likeness (QED) is 0.433. The third kappa shape index (κ3) is 3.81. The van der Waals surface area contributed by atoms with Gasteiger partial charge in [-0.15, -0.1) is 0 Å². The topological polar surface area (TPSA) is 54.9 Å². The smallest absolute Gasteiger partial charge is 0.255 e. The number of rotatable bonds is 3. The molecule has 134 valence electrons. The van der Waals surface area contributed by atoms with Crippen LogP contribution in [0.5, 0.6) is 0 Å². The summed E-state index contributed by atoms with van der Waals surface area (Å²) < 4.78 is 0. The number of pyridine rings is 1. The maximum atomic E-state index is 12.5. The van der Waals surface area contributed by atoms with Gasteiger partial charge in [0.05, 0.1) is 0 Å². The van der Waals surface area contributed by atoms with Crippen molar-refractivity contribution in [3.05, 3.63) is 75.9 Å². The van der Waals surface area contributed by atoms with E-state index in [1.165, 1.54) is 0 Å². The number of halogens is 2. The van der Waals surface area contributed by atoms with Crippen LogP contribution in [-0.4, -0.2) is 15.9 Å². The Morgan fingerprint density at radius 1 is 1.07 bits per heavy atom. The molecule has 2 heterocycles. The number of carbonyl (C=O) groups excluding carboxylic acids is 1. The van der Waals surface area contributed by atoms with E-state index in [4.69, 9.17) is 23.2 Å². The molecule has 0 fully saturated rings. The molecule has 0 bridgehead atoms. The molecule has 4 rings (SSSR count). The van der Waals surface area contributed by atoms with Crippen molar-refractivity contribution < 1.29 is 4.79 Å². The lowest BCUT2D eigenvalue weighted by Gasteiger charge is -2.10. The highest BCUT2D eigenvalue weighted by atomic mass is 35.5. The first-order valence-electron chi connectivity index (χ1n) is 8.09. The van der Waals surface area contributed by atoms with Gasteiger partial charge in [-0.05, 0) is 61.0 Å². The van der Waals surface area contributed by atoms with Crippen LogP contribution in [-0.2, 0) is 0 Å². The number of nitrogens with one attached hydrogen (secondary N) is 1. The monoisotopic (exact) mass is 413 g/mol. The first-order chi connectivity index (χ1) is 13.0. The third-order valence-corrected chi connectivity index (χ3v) is 5.48. The Kier molecular flexibility index (Phi) is 4.83. The number of carbonyl (C=O) groups is 1. The second-order valence-corrected chi connectivity index (χ2v) is 7.84. The van der Waals surface area contributed by atoms with Crippen molar-refractivity contribution in [3.8, 4) is 10.6 Å². The van der Waals surface area contributed by atoms with E-state index in [9.17, 15) is 4.79 Å². The van der Waals surface area contributed by atoms with Crippen LogP contribution in [0.15, 0.2) is 54.7 Å². The number of nitrogens with zero attached hydrogens (tertiary/aromatic N) is 2. The fourth-order valence-corrected chi connectivity index (χ4v) is 4.14. The molecule has 0 aliphatic carbocycles. The summed E-state index contributed by atoms with van der Waals surface area (Å²) in [6, 6.07) is 14.4. The molecule has 2 aromatic heterocycles. The molecule has 0 spiro atoms. The SMILES string of the molecule is Cc1cc(-c2nc3cccnc3s2)ccc1NC(=O)c1cc(Cl)cc(Cl)c1. The van der Waals surface area contributed by atoms with Crippen LogP contribution in [0.25, 0.3) is 20.9 Å². The van der Waals surface area contributed by atoms with Crippen LogP contribution >= 0.6 is 34.5 Å². The number of amides is 1. The van der Waals surface area contributed by atoms with Crippen LogP contribution in [0.1, 0.15) is 15.9 Å². The molecule has 1 amide bonds. The molecule has 4 aromatic rings. The van der Waals surface area contributed by atoms with Crippen LogP contribution in [0.2, 0.25) is 10.0 Å². The number of hydrogen-bond donors (Lipinski definition) is 1. The van der Waals surface area contributed by atoms with Crippen molar-refractivity contribution in [2.75, 3.05) is 5.32 Å². The van der Waals surface area contributed by atoms with Crippen LogP contribution < -0.4 is 5.32 Å². The maximum Gasteiger partial charge on any atom is 0.255 e. The number of benzene rings is 2. The zero-order chi connectivity index (χ0) is 19.0. The second kappa shape index (κ2) is 7.27. The fourth-order valence-electron chi connectivity index (χ4n) is 2.71. The molecule has 0 radical (unpaired) electrons. The zero-order valence-corrected chi connectivity index (χ0v) is 16.5.